The molecule has 0 saturated heterocycles. The monoisotopic (exact) mass is 347 g/mol. The van der Waals surface area contributed by atoms with Crippen LogP contribution in [0.4, 0.5) is 5.82 Å². The van der Waals surface area contributed by atoms with Crippen LogP contribution in [0.15, 0.2) is 36.4 Å². The summed E-state index contributed by atoms with van der Waals surface area (Å²) in [6.07, 6.45) is 2.46. The number of pyridine rings is 1. The van der Waals surface area contributed by atoms with Crippen LogP contribution in [0.5, 0.6) is 5.75 Å². The van der Waals surface area contributed by atoms with Gasteiger partial charge >= 0.3 is 0 Å². The predicted octanol–water partition coefficient (Wildman–Crippen LogP) is 3.17. The lowest BCUT2D eigenvalue weighted by molar-refractivity contribution is -0.117. The first-order chi connectivity index (χ1) is 11.2. The molecule has 6 heteroatoms. The van der Waals surface area contributed by atoms with Crippen molar-refractivity contribution in [2.24, 2.45) is 5.73 Å². The van der Waals surface area contributed by atoms with E-state index in [1.165, 1.54) is 5.56 Å². The van der Waals surface area contributed by atoms with Gasteiger partial charge in [-0.25, -0.2) is 4.98 Å². The standard InChI is InChI=1S/C18H21N3O2.ClH/c1-2-4-14(19)18(22)21-17-6-3-5-15(20-17)12-7-8-16-13(11-12)9-10-23-16;/h3,5-8,11,14H,2,4,9-10,19H2,1H3,(H,20,21,22);1H. The van der Waals surface area contributed by atoms with Gasteiger partial charge in [0.2, 0.25) is 5.91 Å². The number of nitrogens with zero attached hydrogens (tertiary/aromatic N) is 1. The molecular weight excluding hydrogens is 326 g/mol. The molecule has 1 aromatic carbocycles. The van der Waals surface area contributed by atoms with Crippen LogP contribution in [-0.4, -0.2) is 23.5 Å². The number of aromatic nitrogens is 1. The third kappa shape index (κ3) is 4.04. The molecule has 2 aromatic rings. The zero-order valence-corrected chi connectivity index (χ0v) is 14.4. The Kier molecular flexibility index (Phi) is 6.17. The van der Waals surface area contributed by atoms with Gasteiger partial charge in [0.1, 0.15) is 11.6 Å². The van der Waals surface area contributed by atoms with Crippen LogP contribution in [0.3, 0.4) is 0 Å². The Morgan fingerprint density at radius 2 is 2.21 bits per heavy atom. The molecule has 1 atom stereocenters. The SMILES string of the molecule is CCCC(N)C(=O)Nc1cccc(-c2ccc3c(c2)CCO3)n1.Cl. The summed E-state index contributed by atoms with van der Waals surface area (Å²) in [5, 5.41) is 2.79. The van der Waals surface area contributed by atoms with Crippen molar-refractivity contribution in [1.82, 2.24) is 4.98 Å². The topological polar surface area (TPSA) is 77.2 Å². The maximum Gasteiger partial charge on any atom is 0.242 e. The molecule has 1 aromatic heterocycles. The highest BCUT2D eigenvalue weighted by Crippen LogP contribution is 2.30. The summed E-state index contributed by atoms with van der Waals surface area (Å²) in [4.78, 5) is 16.5. The second-order valence-electron chi connectivity index (χ2n) is 5.71. The van der Waals surface area contributed by atoms with E-state index in [1.807, 2.05) is 31.2 Å². The second-order valence-corrected chi connectivity index (χ2v) is 5.71. The molecule has 1 amide bonds. The number of nitrogens with one attached hydrogen (secondary N) is 1. The first-order valence-corrected chi connectivity index (χ1v) is 7.97. The van der Waals surface area contributed by atoms with Crippen molar-refractivity contribution < 1.29 is 9.53 Å². The van der Waals surface area contributed by atoms with Crippen LogP contribution in [0.25, 0.3) is 11.3 Å². The van der Waals surface area contributed by atoms with Crippen LogP contribution in [0, 0.1) is 0 Å². The zero-order chi connectivity index (χ0) is 16.2. The van der Waals surface area contributed by atoms with Gasteiger partial charge in [0.25, 0.3) is 0 Å². The van der Waals surface area contributed by atoms with Gasteiger partial charge in [0.05, 0.1) is 18.3 Å². The third-order valence-corrected chi connectivity index (χ3v) is 3.92. The Balaban J connectivity index is 0.00000208. The number of hydrogen-bond acceptors (Lipinski definition) is 4. The average molecular weight is 348 g/mol. The van der Waals surface area contributed by atoms with Gasteiger partial charge in [-0.1, -0.05) is 19.4 Å². The van der Waals surface area contributed by atoms with Crippen molar-refractivity contribution >= 4 is 24.1 Å². The first-order valence-electron chi connectivity index (χ1n) is 7.97. The normalized spacial score (nSPS) is 13.4. The van der Waals surface area contributed by atoms with Gasteiger partial charge in [0, 0.05) is 12.0 Å². The van der Waals surface area contributed by atoms with E-state index in [9.17, 15) is 4.79 Å². The molecule has 0 aliphatic carbocycles. The van der Waals surface area contributed by atoms with Crippen LogP contribution in [0.2, 0.25) is 0 Å². The summed E-state index contributed by atoms with van der Waals surface area (Å²) in [6, 6.07) is 11.1. The molecule has 1 aliphatic rings. The fraction of sp³-hybridized carbons (Fsp3) is 0.333. The van der Waals surface area contributed by atoms with E-state index in [1.54, 1.807) is 6.07 Å². The van der Waals surface area contributed by atoms with Crippen molar-refractivity contribution in [3.8, 4) is 17.0 Å². The smallest absolute Gasteiger partial charge is 0.242 e. The molecule has 3 N–H and O–H groups in total. The quantitative estimate of drug-likeness (QED) is 0.870. The Morgan fingerprint density at radius 3 is 3.00 bits per heavy atom. The maximum atomic E-state index is 12.0. The molecular formula is C18H22ClN3O2. The molecule has 1 aliphatic heterocycles. The number of rotatable bonds is 5. The van der Waals surface area contributed by atoms with E-state index in [-0.39, 0.29) is 18.3 Å². The minimum absolute atomic E-state index is 0. The minimum atomic E-state index is -0.498. The first kappa shape index (κ1) is 18.2. The lowest BCUT2D eigenvalue weighted by Crippen LogP contribution is -2.35. The average Bonchev–Trinajstić information content (AvgIpc) is 3.03. The van der Waals surface area contributed by atoms with Gasteiger partial charge in [0.15, 0.2) is 0 Å². The van der Waals surface area contributed by atoms with E-state index in [2.05, 4.69) is 16.4 Å². The lowest BCUT2D eigenvalue weighted by atomic mass is 10.1. The number of nitrogens with two attached hydrogens (primary N) is 1. The van der Waals surface area contributed by atoms with Gasteiger partial charge in [-0.3, -0.25) is 4.79 Å². The number of fused-ring (bicyclic) bond motifs is 1. The summed E-state index contributed by atoms with van der Waals surface area (Å²) >= 11 is 0. The maximum absolute atomic E-state index is 12.0. The van der Waals surface area contributed by atoms with E-state index < -0.39 is 6.04 Å². The summed E-state index contributed by atoms with van der Waals surface area (Å²) in [5.74, 6) is 1.28. The Hall–Kier alpha value is -2.11. The van der Waals surface area contributed by atoms with Crippen molar-refractivity contribution in [3.63, 3.8) is 0 Å². The number of carbonyl (C=O) groups is 1. The van der Waals surface area contributed by atoms with Gasteiger partial charge < -0.3 is 15.8 Å². The van der Waals surface area contributed by atoms with Crippen LogP contribution < -0.4 is 15.8 Å². The number of amides is 1. The largest absolute Gasteiger partial charge is 0.493 e. The molecule has 5 nitrogen and oxygen atoms in total. The number of anilines is 1. The number of halogens is 1. The van der Waals surface area contributed by atoms with Gasteiger partial charge in [-0.05, 0) is 42.3 Å². The fourth-order valence-corrected chi connectivity index (χ4v) is 2.67. The molecule has 3 rings (SSSR count). The summed E-state index contributed by atoms with van der Waals surface area (Å²) in [7, 11) is 0. The Morgan fingerprint density at radius 1 is 1.38 bits per heavy atom. The van der Waals surface area contributed by atoms with E-state index >= 15 is 0 Å². The molecule has 0 bridgehead atoms. The number of ether oxygens (including phenoxy) is 1. The van der Waals surface area contributed by atoms with E-state index in [4.69, 9.17) is 10.5 Å². The second kappa shape index (κ2) is 8.13. The molecule has 0 spiro atoms. The van der Waals surface area contributed by atoms with Crippen LogP contribution >= 0.6 is 12.4 Å². The minimum Gasteiger partial charge on any atom is -0.493 e. The number of benzene rings is 1. The van der Waals surface area contributed by atoms with Gasteiger partial charge in [-0.15, -0.1) is 12.4 Å². The molecule has 0 radical (unpaired) electrons. The van der Waals surface area contributed by atoms with Crippen molar-refractivity contribution in [2.75, 3.05) is 11.9 Å². The molecule has 2 heterocycles. The molecule has 128 valence electrons. The fourth-order valence-electron chi connectivity index (χ4n) is 2.67. The Labute approximate surface area is 148 Å². The van der Waals surface area contributed by atoms with Crippen molar-refractivity contribution in [2.45, 2.75) is 32.2 Å². The zero-order valence-electron chi connectivity index (χ0n) is 13.6. The summed E-state index contributed by atoms with van der Waals surface area (Å²) in [5.41, 5.74) is 8.87. The highest BCUT2D eigenvalue weighted by molar-refractivity contribution is 5.94. The molecule has 1 unspecified atom stereocenters. The highest BCUT2D eigenvalue weighted by atomic mass is 35.5. The molecule has 0 fully saturated rings. The lowest BCUT2D eigenvalue weighted by Gasteiger charge is -2.11. The summed E-state index contributed by atoms with van der Waals surface area (Å²) < 4.78 is 5.52. The van der Waals surface area contributed by atoms with Gasteiger partial charge in [-0.2, -0.15) is 0 Å². The number of carbonyl (C=O) groups excluding carboxylic acids is 1. The Bertz CT molecular complexity index is 721. The third-order valence-electron chi connectivity index (χ3n) is 3.92. The van der Waals surface area contributed by atoms with Crippen molar-refractivity contribution in [1.29, 1.82) is 0 Å². The van der Waals surface area contributed by atoms with Crippen LogP contribution in [-0.2, 0) is 11.2 Å². The number of hydrogen-bond donors (Lipinski definition) is 2. The molecule has 0 saturated carbocycles. The predicted molar refractivity (Wildman–Crippen MR) is 97.6 cm³/mol. The van der Waals surface area contributed by atoms with E-state index in [0.717, 1.165) is 36.5 Å². The highest BCUT2D eigenvalue weighted by Gasteiger charge is 2.15. The van der Waals surface area contributed by atoms with E-state index in [0.29, 0.717) is 12.2 Å². The molecule has 24 heavy (non-hydrogen) atoms. The summed E-state index contributed by atoms with van der Waals surface area (Å²) in [6.45, 7) is 2.74. The van der Waals surface area contributed by atoms with Crippen LogP contribution in [0.1, 0.15) is 25.3 Å². The van der Waals surface area contributed by atoms with Crippen molar-refractivity contribution in [3.05, 3.63) is 42.0 Å².